The number of halogens is 3. The maximum absolute atomic E-state index is 13.2. The van der Waals surface area contributed by atoms with Crippen LogP contribution in [-0.2, 0) is 30.5 Å². The fourth-order valence-electron chi connectivity index (χ4n) is 2.77. The first-order chi connectivity index (χ1) is 14.5. The number of benzene rings is 2. The van der Waals surface area contributed by atoms with Crippen LogP contribution in [-0.4, -0.2) is 33.4 Å². The lowest BCUT2D eigenvalue weighted by Gasteiger charge is -2.22. The van der Waals surface area contributed by atoms with Crippen LogP contribution in [0.3, 0.4) is 0 Å². The summed E-state index contributed by atoms with van der Waals surface area (Å²) in [7, 11) is -3.49. The van der Waals surface area contributed by atoms with Crippen molar-refractivity contribution in [1.82, 2.24) is 10.0 Å². The predicted octanol–water partition coefficient (Wildman–Crippen LogP) is 2.79. The van der Waals surface area contributed by atoms with Crippen molar-refractivity contribution in [1.29, 1.82) is 0 Å². The molecule has 0 heterocycles. The molecule has 168 valence electrons. The third-order valence-corrected chi connectivity index (χ3v) is 5.92. The zero-order valence-corrected chi connectivity index (χ0v) is 17.5. The summed E-state index contributed by atoms with van der Waals surface area (Å²) >= 11 is 0. The van der Waals surface area contributed by atoms with E-state index >= 15 is 0 Å². The molecule has 0 aliphatic carbocycles. The van der Waals surface area contributed by atoms with Crippen LogP contribution in [0, 0.1) is 0 Å². The first-order valence-electron chi connectivity index (χ1n) is 9.06. The molecule has 0 saturated carbocycles. The summed E-state index contributed by atoms with van der Waals surface area (Å²) in [5, 5.41) is 2.53. The van der Waals surface area contributed by atoms with Gasteiger partial charge in [-0.3, -0.25) is 9.59 Å². The summed E-state index contributed by atoms with van der Waals surface area (Å²) in [5.41, 5.74) is -0.776. The number of methoxy groups -OCH3 is 1. The molecular weight excluding hydrogens is 437 g/mol. The Morgan fingerprint density at radius 2 is 1.61 bits per heavy atom. The summed E-state index contributed by atoms with van der Waals surface area (Å²) in [6, 6.07) is 9.83. The molecule has 0 aromatic heterocycles. The highest BCUT2D eigenvalue weighted by atomic mass is 32.2. The van der Waals surface area contributed by atoms with Crippen molar-refractivity contribution in [2.24, 2.45) is 0 Å². The van der Waals surface area contributed by atoms with Crippen LogP contribution in [0.1, 0.15) is 30.5 Å². The van der Waals surface area contributed by atoms with Gasteiger partial charge in [-0.25, -0.2) is 8.42 Å². The molecule has 7 nitrogen and oxygen atoms in total. The van der Waals surface area contributed by atoms with Crippen LogP contribution in [0.4, 0.5) is 13.2 Å². The second kappa shape index (κ2) is 9.92. The summed E-state index contributed by atoms with van der Waals surface area (Å²) in [5.74, 6) is -1.44. The van der Waals surface area contributed by atoms with E-state index in [9.17, 15) is 31.2 Å². The van der Waals surface area contributed by atoms with Crippen LogP contribution in [0.2, 0.25) is 0 Å². The van der Waals surface area contributed by atoms with Crippen molar-refractivity contribution < 1.29 is 35.9 Å². The van der Waals surface area contributed by atoms with Crippen LogP contribution in [0.5, 0.6) is 0 Å². The van der Waals surface area contributed by atoms with Crippen LogP contribution in [0.15, 0.2) is 59.5 Å². The van der Waals surface area contributed by atoms with Gasteiger partial charge < -0.3 is 10.1 Å². The molecule has 0 aliphatic heterocycles. The van der Waals surface area contributed by atoms with Gasteiger partial charge in [0.2, 0.25) is 15.9 Å². The van der Waals surface area contributed by atoms with E-state index in [1.807, 2.05) is 4.72 Å². The third-order valence-electron chi connectivity index (χ3n) is 4.32. The lowest BCUT2D eigenvalue weighted by atomic mass is 10.0. The number of carbonyl (C=O) groups is 2. The van der Waals surface area contributed by atoms with Gasteiger partial charge in [-0.15, -0.1) is 0 Å². The molecule has 2 aromatic carbocycles. The number of carbonyl (C=O) groups excluding carboxylic acids is 2. The van der Waals surface area contributed by atoms with Crippen molar-refractivity contribution in [3.8, 4) is 0 Å². The van der Waals surface area contributed by atoms with Crippen molar-refractivity contribution >= 4 is 21.9 Å². The lowest BCUT2D eigenvalue weighted by molar-refractivity contribution is -0.141. The van der Waals surface area contributed by atoms with E-state index in [0.29, 0.717) is 11.6 Å². The zero-order chi connectivity index (χ0) is 23.2. The molecule has 1 unspecified atom stereocenters. The van der Waals surface area contributed by atoms with Gasteiger partial charge in [-0.2, -0.15) is 17.9 Å². The Hall–Kier alpha value is -2.92. The molecule has 2 rings (SSSR count). The van der Waals surface area contributed by atoms with Gasteiger partial charge in [-0.1, -0.05) is 42.5 Å². The molecule has 2 aromatic rings. The second-order valence-electron chi connectivity index (χ2n) is 6.59. The fraction of sp³-hybridized carbons (Fsp3) is 0.300. The standard InChI is InChI=1S/C20H21F3N2O5S/c1-13(25-31(28,29)17-11-7-6-10-15(17)20(21,22)23)19(27)24-16(12-18(26)30-2)14-8-4-3-5-9-14/h3-11,13,16,25H,12H2,1-2H3,(H,24,27)/t13-,16?/m0/s1. The Balaban J connectivity index is 2.21. The number of rotatable bonds is 8. The van der Waals surface area contributed by atoms with E-state index in [2.05, 4.69) is 10.1 Å². The highest BCUT2D eigenvalue weighted by Crippen LogP contribution is 2.33. The van der Waals surface area contributed by atoms with E-state index in [0.717, 1.165) is 18.2 Å². The maximum Gasteiger partial charge on any atom is 0.417 e. The van der Waals surface area contributed by atoms with E-state index in [1.54, 1.807) is 30.3 Å². The highest BCUT2D eigenvalue weighted by Gasteiger charge is 2.37. The molecule has 31 heavy (non-hydrogen) atoms. The number of amides is 1. The molecule has 2 atom stereocenters. The Bertz CT molecular complexity index is 1030. The van der Waals surface area contributed by atoms with Crippen LogP contribution < -0.4 is 10.0 Å². The normalized spacial score (nSPS) is 13.8. The monoisotopic (exact) mass is 458 g/mol. The molecule has 0 aliphatic rings. The summed E-state index contributed by atoms with van der Waals surface area (Å²) in [6.07, 6.45) is -5.11. The highest BCUT2D eigenvalue weighted by molar-refractivity contribution is 7.89. The first-order valence-corrected chi connectivity index (χ1v) is 10.5. The lowest BCUT2D eigenvalue weighted by Crippen LogP contribution is -2.46. The van der Waals surface area contributed by atoms with Gasteiger partial charge in [0, 0.05) is 0 Å². The van der Waals surface area contributed by atoms with Crippen molar-refractivity contribution in [3.63, 3.8) is 0 Å². The minimum absolute atomic E-state index is 0.220. The first kappa shape index (κ1) is 24.4. The average molecular weight is 458 g/mol. The molecule has 0 saturated heterocycles. The van der Waals surface area contributed by atoms with E-state index in [1.165, 1.54) is 14.0 Å². The molecule has 0 fully saturated rings. The van der Waals surface area contributed by atoms with Gasteiger partial charge in [0.05, 0.1) is 36.1 Å². The Kier molecular flexibility index (Phi) is 7.80. The smallest absolute Gasteiger partial charge is 0.417 e. The van der Waals surface area contributed by atoms with Crippen molar-refractivity contribution in [2.75, 3.05) is 7.11 Å². The second-order valence-corrected chi connectivity index (χ2v) is 8.27. The Labute approximate surface area is 177 Å². The van der Waals surface area contributed by atoms with Gasteiger partial charge in [0.1, 0.15) is 0 Å². The fourth-order valence-corrected chi connectivity index (χ4v) is 4.20. The summed E-state index contributed by atoms with van der Waals surface area (Å²) in [6.45, 7) is 1.18. The quantitative estimate of drug-likeness (QED) is 0.593. The van der Waals surface area contributed by atoms with E-state index < -0.39 is 50.6 Å². The summed E-state index contributed by atoms with van der Waals surface area (Å²) in [4.78, 5) is 23.3. The molecule has 1 amide bonds. The molecule has 2 N–H and O–H groups in total. The Morgan fingerprint density at radius 1 is 1.03 bits per heavy atom. The topological polar surface area (TPSA) is 102 Å². The van der Waals surface area contributed by atoms with Crippen LogP contribution >= 0.6 is 0 Å². The number of hydrogen-bond acceptors (Lipinski definition) is 5. The van der Waals surface area contributed by atoms with Crippen molar-refractivity contribution in [3.05, 3.63) is 65.7 Å². The molecule has 11 heteroatoms. The minimum Gasteiger partial charge on any atom is -0.469 e. The number of nitrogens with one attached hydrogen (secondary N) is 2. The number of ether oxygens (including phenoxy) is 1. The van der Waals surface area contributed by atoms with E-state index in [4.69, 9.17) is 0 Å². The molecular formula is C20H21F3N2O5S. The van der Waals surface area contributed by atoms with Gasteiger partial charge in [0.25, 0.3) is 0 Å². The van der Waals surface area contributed by atoms with Gasteiger partial charge in [0.15, 0.2) is 0 Å². The number of sulfonamides is 1. The van der Waals surface area contributed by atoms with Crippen molar-refractivity contribution in [2.45, 2.75) is 36.5 Å². The van der Waals surface area contributed by atoms with E-state index in [-0.39, 0.29) is 6.42 Å². The largest absolute Gasteiger partial charge is 0.469 e. The number of esters is 1. The van der Waals surface area contributed by atoms with Crippen LogP contribution in [0.25, 0.3) is 0 Å². The third kappa shape index (κ3) is 6.53. The average Bonchev–Trinajstić information content (AvgIpc) is 2.72. The number of hydrogen-bond donors (Lipinski definition) is 2. The number of alkyl halides is 3. The molecule has 0 spiro atoms. The van der Waals surface area contributed by atoms with Gasteiger partial charge >= 0.3 is 12.1 Å². The van der Waals surface area contributed by atoms with Gasteiger partial charge in [-0.05, 0) is 24.6 Å². The zero-order valence-electron chi connectivity index (χ0n) is 16.6. The SMILES string of the molecule is COC(=O)CC(NC(=O)[C@H](C)NS(=O)(=O)c1ccccc1C(F)(F)F)c1ccccc1. The molecule has 0 bridgehead atoms. The molecule has 0 radical (unpaired) electrons. The summed E-state index contributed by atoms with van der Waals surface area (Å²) < 4.78 is 71.2. The maximum atomic E-state index is 13.2. The predicted molar refractivity (Wildman–Crippen MR) is 105 cm³/mol. The minimum atomic E-state index is -4.89. The Morgan fingerprint density at radius 3 is 2.19 bits per heavy atom.